The zero-order valence-electron chi connectivity index (χ0n) is 51.5. The first-order chi connectivity index (χ1) is 41.3. The van der Waals surface area contributed by atoms with Crippen LogP contribution in [0, 0.1) is 20.8 Å². The summed E-state index contributed by atoms with van der Waals surface area (Å²) in [5.74, 6) is 4.39. The van der Waals surface area contributed by atoms with Crippen LogP contribution >= 0.6 is 34.8 Å². The molecule has 85 heavy (non-hydrogen) atoms. The van der Waals surface area contributed by atoms with Crippen molar-refractivity contribution in [2.75, 3.05) is 34.3 Å². The molecule has 6 heterocycles. The van der Waals surface area contributed by atoms with E-state index in [4.69, 9.17) is 49.8 Å². The second kappa shape index (κ2) is 27.6. The first kappa shape index (κ1) is 61.7. The number of hydrogen-bond acceptors (Lipinski definition) is 8. The predicted octanol–water partition coefficient (Wildman–Crippen LogP) is 19.8. The molecule has 3 aliphatic heterocycles. The summed E-state index contributed by atoms with van der Waals surface area (Å²) in [5.41, 5.74) is 18.7. The van der Waals surface area contributed by atoms with E-state index in [1.165, 1.54) is 45.4 Å². The van der Waals surface area contributed by atoms with Crippen LogP contribution in [0.5, 0.6) is 0 Å². The molecule has 0 spiro atoms. The van der Waals surface area contributed by atoms with Gasteiger partial charge in [0.25, 0.3) is 0 Å². The Hall–Kier alpha value is -6.37. The van der Waals surface area contributed by atoms with Gasteiger partial charge >= 0.3 is 0 Å². The SMILES string of the molecule is CCC(CC)c1ccc(Cl)c2nc3n(c12)CCCCN3c1ccc(C)cc1.CCC(CC)c1ccc(Cl)c2nc3n(c12)CCCCN3c1ccc(C)cc1C=O.CCC(CC)c1ccc(Cl)c2nc3n(c12)CCCCN3c1ccc(C)cc1CO. The number of aryl methyl sites for hydroxylation is 6. The van der Waals surface area contributed by atoms with Gasteiger partial charge in [0, 0.05) is 61.8 Å². The number of carbonyl (C=O) groups is 1. The van der Waals surface area contributed by atoms with Crippen LogP contribution in [-0.2, 0) is 26.2 Å². The molecular weight excluding hydrogens is 1120 g/mol. The maximum Gasteiger partial charge on any atom is 0.211 e. The standard InChI is InChI=1S/C24H30ClN3O.C24H28ClN3O.C23H28ClN3/c2*1-4-17(5-2)19-9-10-20(25)22-23(19)28-13-7-6-12-27(24(28)26-22)21-11-8-16(3)14-18(21)15-29;1-4-17(5-2)19-12-13-20(24)21-22(19)27-15-7-6-14-26(23(27)25-21)18-10-8-16(3)9-11-18/h8-11,14,17,29H,4-7,12-13,15H2,1-3H3;8-11,14-15,17H,4-7,12-13H2,1-3H3;8-13,17H,4-7,14-15H2,1-3H3. The van der Waals surface area contributed by atoms with E-state index in [-0.39, 0.29) is 6.61 Å². The Bertz CT molecular complexity index is 3790. The quantitative estimate of drug-likeness (QED) is 0.108. The highest BCUT2D eigenvalue weighted by Crippen LogP contribution is 2.44. The summed E-state index contributed by atoms with van der Waals surface area (Å²) in [7, 11) is 0. The van der Waals surface area contributed by atoms with Crippen LogP contribution in [-0.4, -0.2) is 59.7 Å². The molecule has 0 saturated carbocycles. The molecule has 0 amide bonds. The predicted molar refractivity (Wildman–Crippen MR) is 358 cm³/mol. The van der Waals surface area contributed by atoms with E-state index >= 15 is 0 Å². The number of anilines is 6. The molecule has 3 aliphatic rings. The maximum absolute atomic E-state index is 11.8. The minimum Gasteiger partial charge on any atom is -0.392 e. The largest absolute Gasteiger partial charge is 0.392 e. The smallest absolute Gasteiger partial charge is 0.211 e. The molecule has 0 fully saturated rings. The fourth-order valence-electron chi connectivity index (χ4n) is 13.6. The molecule has 0 unspecified atom stereocenters. The zero-order valence-corrected chi connectivity index (χ0v) is 53.8. The van der Waals surface area contributed by atoms with Gasteiger partial charge in [-0.05, 0) is 181 Å². The second-order valence-corrected chi connectivity index (χ2v) is 24.8. The van der Waals surface area contributed by atoms with Crippen LogP contribution in [0.1, 0.15) is 186 Å². The van der Waals surface area contributed by atoms with Gasteiger partial charge in [0.1, 0.15) is 16.6 Å². The van der Waals surface area contributed by atoms with Gasteiger partial charge in [0.15, 0.2) is 6.29 Å². The fourth-order valence-corrected chi connectivity index (χ4v) is 14.1. The van der Waals surface area contributed by atoms with E-state index < -0.39 is 0 Å². The Morgan fingerprint density at radius 3 is 1.20 bits per heavy atom. The molecule has 0 aliphatic carbocycles. The summed E-state index contributed by atoms with van der Waals surface area (Å²) < 4.78 is 7.11. The number of carbonyl (C=O) groups excluding carboxylic acids is 1. The molecule has 0 bridgehead atoms. The van der Waals surface area contributed by atoms with Crippen molar-refractivity contribution in [1.82, 2.24) is 28.7 Å². The first-order valence-corrected chi connectivity index (χ1v) is 32.7. The summed E-state index contributed by atoms with van der Waals surface area (Å²) in [6.45, 7) is 25.3. The lowest BCUT2D eigenvalue weighted by molar-refractivity contribution is 0.112. The minimum absolute atomic E-state index is 0.0213. The summed E-state index contributed by atoms with van der Waals surface area (Å²) in [6.07, 6.45) is 14.2. The van der Waals surface area contributed by atoms with E-state index in [0.717, 1.165) is 189 Å². The third-order valence-electron chi connectivity index (χ3n) is 18.3. The van der Waals surface area contributed by atoms with E-state index in [0.29, 0.717) is 33.4 Å². The topological polar surface area (TPSA) is 100 Å². The highest BCUT2D eigenvalue weighted by Gasteiger charge is 2.30. The fraction of sp³-hybridized carbons (Fsp3) is 0.437. The van der Waals surface area contributed by atoms with E-state index in [9.17, 15) is 9.90 Å². The van der Waals surface area contributed by atoms with Crippen LogP contribution in [0.2, 0.25) is 15.1 Å². The van der Waals surface area contributed by atoms with Gasteiger partial charge in [-0.15, -0.1) is 0 Å². The molecule has 11 nitrogen and oxygen atoms in total. The van der Waals surface area contributed by atoms with Crippen molar-refractivity contribution in [3.05, 3.63) is 157 Å². The Kier molecular flexibility index (Phi) is 20.0. The lowest BCUT2D eigenvalue weighted by atomic mass is 9.93. The number of aromatic nitrogens is 6. The molecule has 14 heteroatoms. The number of imidazole rings is 3. The summed E-state index contributed by atoms with van der Waals surface area (Å²) in [5, 5.41) is 12.1. The van der Waals surface area contributed by atoms with Crippen LogP contribution in [0.25, 0.3) is 33.1 Å². The Balaban J connectivity index is 0.000000142. The van der Waals surface area contributed by atoms with Gasteiger partial charge in [0.2, 0.25) is 17.8 Å². The van der Waals surface area contributed by atoms with Crippen LogP contribution < -0.4 is 14.7 Å². The lowest BCUT2D eigenvalue weighted by Gasteiger charge is -2.25. The monoisotopic (exact) mass is 1200 g/mol. The average molecular weight is 1200 g/mol. The number of nitrogens with zero attached hydrogens (tertiary/aromatic N) is 9. The number of aliphatic hydroxyl groups excluding tert-OH is 1. The zero-order chi connectivity index (χ0) is 60.1. The third-order valence-corrected chi connectivity index (χ3v) is 19.2. The molecule has 9 aromatic rings. The second-order valence-electron chi connectivity index (χ2n) is 23.6. The van der Waals surface area contributed by atoms with Gasteiger partial charge in [-0.3, -0.25) is 4.79 Å². The van der Waals surface area contributed by atoms with Gasteiger partial charge in [0.05, 0.1) is 43.9 Å². The number of rotatable bonds is 14. The van der Waals surface area contributed by atoms with E-state index in [2.05, 4.69) is 151 Å². The van der Waals surface area contributed by atoms with E-state index in [1.807, 2.05) is 37.3 Å². The molecule has 1 N–H and O–H groups in total. The highest BCUT2D eigenvalue weighted by atomic mass is 35.5. The van der Waals surface area contributed by atoms with Gasteiger partial charge in [-0.25, -0.2) is 15.0 Å². The van der Waals surface area contributed by atoms with Crippen molar-refractivity contribution in [1.29, 1.82) is 0 Å². The summed E-state index contributed by atoms with van der Waals surface area (Å²) in [4.78, 5) is 33.8. The molecule has 0 atom stereocenters. The molecule has 6 aromatic carbocycles. The normalized spacial score (nSPS) is 14.5. The van der Waals surface area contributed by atoms with Crippen molar-refractivity contribution in [3.63, 3.8) is 0 Å². The summed E-state index contributed by atoms with van der Waals surface area (Å²) >= 11 is 19.8. The Morgan fingerprint density at radius 1 is 0.447 bits per heavy atom. The van der Waals surface area contributed by atoms with Crippen molar-refractivity contribution in [2.24, 2.45) is 0 Å². The number of benzene rings is 6. The van der Waals surface area contributed by atoms with Crippen molar-refractivity contribution >= 4 is 109 Å². The summed E-state index contributed by atoms with van der Waals surface area (Å²) in [6, 6.07) is 33.7. The molecule has 0 saturated heterocycles. The van der Waals surface area contributed by atoms with E-state index in [1.54, 1.807) is 0 Å². The van der Waals surface area contributed by atoms with Crippen LogP contribution in [0.15, 0.2) is 97.1 Å². The number of aliphatic hydroxyl groups is 1. The van der Waals surface area contributed by atoms with Gasteiger partial charge < -0.3 is 33.5 Å². The third kappa shape index (κ3) is 12.3. The Labute approximate surface area is 518 Å². The molecule has 3 aromatic heterocycles. The van der Waals surface area contributed by atoms with Crippen molar-refractivity contribution in [3.8, 4) is 0 Å². The maximum atomic E-state index is 11.8. The number of halogens is 3. The molecule has 12 rings (SSSR count). The van der Waals surface area contributed by atoms with Gasteiger partial charge in [-0.2, -0.15) is 0 Å². The first-order valence-electron chi connectivity index (χ1n) is 31.5. The average Bonchev–Trinajstić information content (AvgIpc) is 2.25. The van der Waals surface area contributed by atoms with Gasteiger partial charge in [-0.1, -0.05) is 142 Å². The number of hydrogen-bond donors (Lipinski definition) is 1. The molecule has 448 valence electrons. The lowest BCUT2D eigenvalue weighted by Crippen LogP contribution is -2.21. The Morgan fingerprint density at radius 2 is 0.800 bits per heavy atom. The van der Waals surface area contributed by atoms with Crippen molar-refractivity contribution in [2.45, 2.75) is 183 Å². The molecular formula is C71H86Cl3N9O2. The number of aldehydes is 1. The van der Waals surface area contributed by atoms with Crippen molar-refractivity contribution < 1.29 is 9.90 Å². The highest BCUT2D eigenvalue weighted by molar-refractivity contribution is 6.36. The minimum atomic E-state index is 0.0213. The number of fused-ring (bicyclic) bond motifs is 9. The van der Waals surface area contributed by atoms with Crippen LogP contribution in [0.4, 0.5) is 34.9 Å². The van der Waals surface area contributed by atoms with Crippen LogP contribution in [0.3, 0.4) is 0 Å². The molecule has 0 radical (unpaired) electrons.